The van der Waals surface area contributed by atoms with Crippen LogP contribution < -0.4 is 23.7 Å². The zero-order valence-electron chi connectivity index (χ0n) is 24.1. The van der Waals surface area contributed by atoms with Crippen LogP contribution in [0.5, 0.6) is 28.7 Å². The molecule has 0 saturated carbocycles. The third-order valence-electron chi connectivity index (χ3n) is 8.37. The van der Waals surface area contributed by atoms with Crippen molar-refractivity contribution in [3.63, 3.8) is 0 Å². The van der Waals surface area contributed by atoms with Gasteiger partial charge in [0.25, 0.3) is 0 Å². The van der Waals surface area contributed by atoms with Gasteiger partial charge in [-0.2, -0.15) is 5.10 Å². The van der Waals surface area contributed by atoms with Crippen LogP contribution in [-0.2, 0) is 21.3 Å². The minimum absolute atomic E-state index is 0.0342. The second-order valence-corrected chi connectivity index (χ2v) is 11.0. The van der Waals surface area contributed by atoms with Crippen molar-refractivity contribution >= 4 is 23.5 Å². The van der Waals surface area contributed by atoms with Crippen LogP contribution in [-0.4, -0.2) is 56.4 Å². The standard InChI is InChI=1S/C31H27ClN2O10/c1-34-27(19(32)10-33-34)15-7-24(40-11-15)30(35)44-28-17-9-21-20(42-13-43-21)8-16(17)25(26-18(28)12-41-31(26)36)14-5-22(37-2)29(39-4)23(6-14)38-3/h5-11,18,25-26,28H,12-13H2,1-4H3/t18-,25+,26+,28-/m0/s1. The molecule has 228 valence electrons. The van der Waals surface area contributed by atoms with Gasteiger partial charge in [-0.1, -0.05) is 11.6 Å². The molecule has 4 aromatic rings. The van der Waals surface area contributed by atoms with Gasteiger partial charge in [0.1, 0.15) is 12.4 Å². The highest BCUT2D eigenvalue weighted by molar-refractivity contribution is 6.33. The number of ether oxygens (including phenoxy) is 7. The van der Waals surface area contributed by atoms with E-state index in [2.05, 4.69) is 5.10 Å². The van der Waals surface area contributed by atoms with E-state index in [0.29, 0.717) is 56.2 Å². The van der Waals surface area contributed by atoms with Crippen LogP contribution in [0, 0.1) is 11.8 Å². The Bertz CT molecular complexity index is 1750. The number of carbonyl (C=O) groups is 2. The number of methoxy groups -OCH3 is 3. The first-order valence-electron chi connectivity index (χ1n) is 13.7. The average Bonchev–Trinajstić information content (AvgIpc) is 3.83. The number of esters is 2. The molecule has 4 atom stereocenters. The van der Waals surface area contributed by atoms with E-state index in [1.54, 1.807) is 23.9 Å². The van der Waals surface area contributed by atoms with Crippen molar-refractivity contribution in [3.05, 3.63) is 70.3 Å². The van der Waals surface area contributed by atoms with Crippen molar-refractivity contribution in [1.82, 2.24) is 9.78 Å². The van der Waals surface area contributed by atoms with Gasteiger partial charge in [0.15, 0.2) is 23.0 Å². The second-order valence-electron chi connectivity index (χ2n) is 10.6. The van der Waals surface area contributed by atoms with Gasteiger partial charge in [0.05, 0.1) is 50.8 Å². The highest BCUT2D eigenvalue weighted by atomic mass is 35.5. The molecule has 0 N–H and O–H groups in total. The van der Waals surface area contributed by atoms with Crippen molar-refractivity contribution in [2.75, 3.05) is 34.7 Å². The molecule has 0 amide bonds. The fraction of sp³-hybridized carbons (Fsp3) is 0.323. The molecule has 0 radical (unpaired) electrons. The van der Waals surface area contributed by atoms with Crippen molar-refractivity contribution in [2.24, 2.45) is 18.9 Å². The van der Waals surface area contributed by atoms with Crippen molar-refractivity contribution in [1.29, 1.82) is 0 Å². The van der Waals surface area contributed by atoms with E-state index in [4.69, 9.17) is 49.2 Å². The van der Waals surface area contributed by atoms with Crippen molar-refractivity contribution in [3.8, 4) is 40.0 Å². The summed E-state index contributed by atoms with van der Waals surface area (Å²) in [6, 6.07) is 8.78. The summed E-state index contributed by atoms with van der Waals surface area (Å²) in [5.41, 5.74) is 3.25. The zero-order chi connectivity index (χ0) is 30.7. The summed E-state index contributed by atoms with van der Waals surface area (Å²) in [7, 11) is 6.31. The molecular formula is C31H27ClN2O10. The average molecular weight is 623 g/mol. The molecule has 0 unspecified atom stereocenters. The number of hydrogen-bond acceptors (Lipinski definition) is 11. The number of halogens is 1. The summed E-state index contributed by atoms with van der Waals surface area (Å²) in [6.07, 6.45) is 2.06. The lowest BCUT2D eigenvalue weighted by molar-refractivity contribution is -0.141. The number of hydrogen-bond donors (Lipinski definition) is 0. The van der Waals surface area contributed by atoms with E-state index in [-0.39, 0.29) is 19.2 Å². The number of fused-ring (bicyclic) bond motifs is 3. The summed E-state index contributed by atoms with van der Waals surface area (Å²) in [6.45, 7) is 0.0858. The topological polar surface area (TPSA) is 130 Å². The van der Waals surface area contributed by atoms with Crippen LogP contribution in [0.15, 0.2) is 47.2 Å². The van der Waals surface area contributed by atoms with Gasteiger partial charge in [0, 0.05) is 36.1 Å². The number of nitrogens with zero attached hydrogens (tertiary/aromatic N) is 2. The lowest BCUT2D eigenvalue weighted by Crippen LogP contribution is -2.36. The molecule has 0 bridgehead atoms. The maximum atomic E-state index is 13.6. The van der Waals surface area contributed by atoms with Crippen LogP contribution in [0.25, 0.3) is 11.3 Å². The summed E-state index contributed by atoms with van der Waals surface area (Å²) in [5, 5.41) is 4.55. The third-order valence-corrected chi connectivity index (χ3v) is 8.64. The second kappa shape index (κ2) is 10.7. The van der Waals surface area contributed by atoms with E-state index >= 15 is 0 Å². The fourth-order valence-corrected chi connectivity index (χ4v) is 6.70. The van der Waals surface area contributed by atoms with E-state index < -0.39 is 35.8 Å². The minimum Gasteiger partial charge on any atom is -0.493 e. The predicted octanol–water partition coefficient (Wildman–Crippen LogP) is 4.92. The molecule has 1 aliphatic carbocycles. The lowest BCUT2D eigenvalue weighted by atomic mass is 9.66. The molecule has 2 aliphatic heterocycles. The summed E-state index contributed by atoms with van der Waals surface area (Å²) in [5.74, 6) is -0.611. The Balaban J connectivity index is 1.32. The number of aromatic nitrogens is 2. The Hall–Kier alpha value is -4.84. The van der Waals surface area contributed by atoms with Crippen LogP contribution in [0.1, 0.15) is 39.3 Å². The minimum atomic E-state index is -0.865. The largest absolute Gasteiger partial charge is 0.493 e. The first-order chi connectivity index (χ1) is 21.3. The van der Waals surface area contributed by atoms with Crippen LogP contribution in [0.2, 0.25) is 5.02 Å². The van der Waals surface area contributed by atoms with Gasteiger partial charge in [-0.15, -0.1) is 0 Å². The quantitative estimate of drug-likeness (QED) is 0.260. The van der Waals surface area contributed by atoms with Crippen molar-refractivity contribution < 1.29 is 47.2 Å². The molecular weight excluding hydrogens is 596 g/mol. The molecule has 13 heteroatoms. The van der Waals surface area contributed by atoms with Crippen molar-refractivity contribution in [2.45, 2.75) is 12.0 Å². The molecule has 0 spiro atoms. The van der Waals surface area contributed by atoms with Gasteiger partial charge in [-0.3, -0.25) is 9.48 Å². The van der Waals surface area contributed by atoms with Crippen LogP contribution in [0.3, 0.4) is 0 Å². The Morgan fingerprint density at radius 1 is 0.977 bits per heavy atom. The number of furan rings is 1. The number of aryl methyl sites for hydroxylation is 1. The number of cyclic esters (lactones) is 1. The molecule has 7 rings (SSSR count). The molecule has 1 saturated heterocycles. The Morgan fingerprint density at radius 3 is 2.32 bits per heavy atom. The van der Waals surface area contributed by atoms with Gasteiger partial charge >= 0.3 is 11.9 Å². The van der Waals surface area contributed by atoms with E-state index in [1.165, 1.54) is 33.8 Å². The van der Waals surface area contributed by atoms with Crippen LogP contribution in [0.4, 0.5) is 0 Å². The van der Waals surface area contributed by atoms with E-state index in [9.17, 15) is 9.59 Å². The summed E-state index contributed by atoms with van der Waals surface area (Å²) >= 11 is 6.29. The Kier molecular flexibility index (Phi) is 6.80. The van der Waals surface area contributed by atoms with Gasteiger partial charge in [-0.25, -0.2) is 4.79 Å². The van der Waals surface area contributed by atoms with Crippen LogP contribution >= 0.6 is 11.6 Å². The summed E-state index contributed by atoms with van der Waals surface area (Å²) in [4.78, 5) is 27.0. The lowest BCUT2D eigenvalue weighted by Gasteiger charge is -2.38. The molecule has 4 heterocycles. The normalized spacial score (nSPS) is 21.3. The third kappa shape index (κ3) is 4.31. The first-order valence-corrected chi connectivity index (χ1v) is 14.1. The highest BCUT2D eigenvalue weighted by Gasteiger charge is 2.54. The Morgan fingerprint density at radius 2 is 1.68 bits per heavy atom. The monoisotopic (exact) mass is 622 g/mol. The molecule has 44 heavy (non-hydrogen) atoms. The number of rotatable bonds is 7. The fourth-order valence-electron chi connectivity index (χ4n) is 6.42. The highest BCUT2D eigenvalue weighted by Crippen LogP contribution is 2.56. The van der Waals surface area contributed by atoms with Gasteiger partial charge in [0.2, 0.25) is 18.3 Å². The number of carbonyl (C=O) groups excluding carboxylic acids is 2. The predicted molar refractivity (Wildman–Crippen MR) is 153 cm³/mol. The molecule has 12 nitrogen and oxygen atoms in total. The molecule has 3 aliphatic rings. The summed E-state index contributed by atoms with van der Waals surface area (Å²) < 4.78 is 47.1. The molecule has 1 fully saturated rings. The maximum Gasteiger partial charge on any atom is 0.374 e. The SMILES string of the molecule is COc1cc([C@@H]2c3cc4c(cc3[C@H](OC(=O)c3cc(-c5c(Cl)cnn5C)co3)[C@H]3COC(=O)[C@@H]23)OCO4)cc(OC)c1OC. The van der Waals surface area contributed by atoms with Gasteiger partial charge in [-0.05, 0) is 35.4 Å². The van der Waals surface area contributed by atoms with E-state index in [0.717, 1.165) is 5.56 Å². The molecule has 2 aromatic heterocycles. The molecule has 2 aromatic carbocycles. The number of benzene rings is 2. The maximum absolute atomic E-state index is 13.6. The Labute approximate surface area is 256 Å². The zero-order valence-corrected chi connectivity index (χ0v) is 24.9. The smallest absolute Gasteiger partial charge is 0.374 e. The van der Waals surface area contributed by atoms with E-state index in [1.807, 2.05) is 18.2 Å². The first kappa shape index (κ1) is 28.0. The van der Waals surface area contributed by atoms with Gasteiger partial charge < -0.3 is 37.6 Å².